The summed E-state index contributed by atoms with van der Waals surface area (Å²) in [5, 5.41) is 0.102. The van der Waals surface area contributed by atoms with Crippen molar-refractivity contribution >= 4 is 18.2 Å². The van der Waals surface area contributed by atoms with E-state index in [2.05, 4.69) is 47.7 Å². The summed E-state index contributed by atoms with van der Waals surface area (Å²) in [5.74, 6) is 0.165. The van der Waals surface area contributed by atoms with Crippen LogP contribution < -0.4 is 0 Å². The van der Waals surface area contributed by atoms with Crippen molar-refractivity contribution in [2.75, 3.05) is 0 Å². The molecule has 1 saturated heterocycles. The lowest BCUT2D eigenvalue weighted by atomic mass is 9.93. The molecule has 1 fully saturated rings. The number of hydrogen-bond donors (Lipinski definition) is 0. The van der Waals surface area contributed by atoms with E-state index in [-0.39, 0.29) is 35.2 Å². The summed E-state index contributed by atoms with van der Waals surface area (Å²) in [6.45, 7) is 15.4. The molecule has 0 aromatic heterocycles. The van der Waals surface area contributed by atoms with E-state index in [1.54, 1.807) is 24.3 Å². The standard InChI is InChI=1S/C21H32O4SSi/c1-14-13-17(26(22,23)16-11-9-8-10-12-16)20-19(24-20)15(2)18(14)25-27(6,7)21(3,4)5/h8-15,18-20H,1-7H3/t14-,15+,18+,19-,20+/m0/s1. The van der Waals surface area contributed by atoms with Gasteiger partial charge in [-0.25, -0.2) is 8.42 Å². The fraction of sp³-hybridized carbons (Fsp3) is 0.619. The van der Waals surface area contributed by atoms with Crippen molar-refractivity contribution in [1.82, 2.24) is 0 Å². The van der Waals surface area contributed by atoms with Crippen LogP contribution in [0.5, 0.6) is 0 Å². The molecule has 0 bridgehead atoms. The second-order valence-electron chi connectivity index (χ2n) is 9.47. The van der Waals surface area contributed by atoms with E-state index in [4.69, 9.17) is 9.16 Å². The van der Waals surface area contributed by atoms with Crippen molar-refractivity contribution < 1.29 is 17.6 Å². The molecule has 3 rings (SSSR count). The topological polar surface area (TPSA) is 55.9 Å². The van der Waals surface area contributed by atoms with Crippen LogP contribution in [0.2, 0.25) is 18.1 Å². The normalized spacial score (nSPS) is 31.7. The van der Waals surface area contributed by atoms with E-state index in [1.807, 2.05) is 12.1 Å². The first-order valence-corrected chi connectivity index (χ1v) is 14.1. The van der Waals surface area contributed by atoms with Crippen molar-refractivity contribution in [3.05, 3.63) is 41.3 Å². The van der Waals surface area contributed by atoms with Gasteiger partial charge in [0.2, 0.25) is 9.84 Å². The lowest BCUT2D eigenvalue weighted by Crippen LogP contribution is -2.47. The van der Waals surface area contributed by atoms with Crippen molar-refractivity contribution in [3.63, 3.8) is 0 Å². The molecule has 150 valence electrons. The Morgan fingerprint density at radius 1 is 1.07 bits per heavy atom. The van der Waals surface area contributed by atoms with E-state index in [9.17, 15) is 8.42 Å². The summed E-state index contributed by atoms with van der Waals surface area (Å²) in [6.07, 6.45) is 1.41. The van der Waals surface area contributed by atoms with Crippen molar-refractivity contribution in [2.24, 2.45) is 11.8 Å². The summed E-state index contributed by atoms with van der Waals surface area (Å²) >= 11 is 0. The van der Waals surface area contributed by atoms with Gasteiger partial charge < -0.3 is 9.16 Å². The smallest absolute Gasteiger partial charge is 0.205 e. The molecule has 1 aliphatic carbocycles. The Kier molecular flexibility index (Phi) is 5.26. The molecule has 1 heterocycles. The second-order valence-corrected chi connectivity index (χ2v) is 16.2. The lowest BCUT2D eigenvalue weighted by molar-refractivity contribution is 0.0776. The van der Waals surface area contributed by atoms with Crippen molar-refractivity contribution in [3.8, 4) is 0 Å². The zero-order chi connectivity index (χ0) is 20.2. The Labute approximate surface area is 165 Å². The van der Waals surface area contributed by atoms with Crippen LogP contribution in [0.15, 0.2) is 46.2 Å². The molecule has 1 aromatic rings. The van der Waals surface area contributed by atoms with Crippen molar-refractivity contribution in [1.29, 1.82) is 0 Å². The van der Waals surface area contributed by atoms with E-state index in [1.165, 1.54) is 0 Å². The van der Waals surface area contributed by atoms with Crippen LogP contribution in [-0.4, -0.2) is 35.0 Å². The summed E-state index contributed by atoms with van der Waals surface area (Å²) in [7, 11) is -5.53. The van der Waals surface area contributed by atoms with Gasteiger partial charge in [0.05, 0.1) is 22.0 Å². The molecule has 0 spiro atoms. The Morgan fingerprint density at radius 2 is 1.67 bits per heavy atom. The molecule has 1 aromatic carbocycles. The average molecular weight is 409 g/mol. The Bertz CT molecular complexity index is 823. The van der Waals surface area contributed by atoms with Gasteiger partial charge in [0.15, 0.2) is 8.32 Å². The number of ether oxygens (including phenoxy) is 1. The highest BCUT2D eigenvalue weighted by Gasteiger charge is 2.55. The molecule has 0 saturated carbocycles. The molecular formula is C21H32O4SSi. The van der Waals surface area contributed by atoms with E-state index < -0.39 is 18.2 Å². The molecule has 0 unspecified atom stereocenters. The molecule has 0 N–H and O–H groups in total. The molecule has 4 nitrogen and oxygen atoms in total. The van der Waals surface area contributed by atoms with E-state index in [0.29, 0.717) is 9.80 Å². The van der Waals surface area contributed by atoms with Crippen LogP contribution in [0.3, 0.4) is 0 Å². The van der Waals surface area contributed by atoms with Gasteiger partial charge >= 0.3 is 0 Å². The van der Waals surface area contributed by atoms with E-state index >= 15 is 0 Å². The zero-order valence-electron chi connectivity index (χ0n) is 17.4. The van der Waals surface area contributed by atoms with Gasteiger partial charge in [-0.2, -0.15) is 0 Å². The van der Waals surface area contributed by atoms with Crippen LogP contribution in [0.25, 0.3) is 0 Å². The molecule has 6 heteroatoms. The minimum atomic E-state index is -3.55. The first kappa shape index (κ1) is 20.8. The number of fused-ring (bicyclic) bond motifs is 1. The lowest BCUT2D eigenvalue weighted by Gasteiger charge is -2.42. The maximum atomic E-state index is 13.2. The molecule has 0 amide bonds. The Balaban J connectivity index is 1.95. The highest BCUT2D eigenvalue weighted by molar-refractivity contribution is 7.95. The van der Waals surface area contributed by atoms with Crippen LogP contribution >= 0.6 is 0 Å². The highest BCUT2D eigenvalue weighted by Crippen LogP contribution is 2.47. The van der Waals surface area contributed by atoms with Gasteiger partial charge in [-0.05, 0) is 30.3 Å². The number of hydrogen-bond acceptors (Lipinski definition) is 4. The SMILES string of the molecule is C[C@H]1[C@@H]2O[C@@H]2C(S(=O)(=O)c2ccccc2)=C[C@H](C)[C@H]1O[Si](C)(C)C(C)(C)C. The third-order valence-electron chi connectivity index (χ3n) is 6.39. The van der Waals surface area contributed by atoms with Gasteiger partial charge in [0, 0.05) is 11.8 Å². The van der Waals surface area contributed by atoms with Crippen molar-refractivity contribution in [2.45, 2.75) is 76.0 Å². The van der Waals surface area contributed by atoms with Gasteiger partial charge in [0.25, 0.3) is 0 Å². The minimum absolute atomic E-state index is 0.0130. The summed E-state index contributed by atoms with van der Waals surface area (Å²) < 4.78 is 39.0. The van der Waals surface area contributed by atoms with Crippen LogP contribution in [0.4, 0.5) is 0 Å². The number of sulfone groups is 1. The minimum Gasteiger partial charge on any atom is -0.413 e. The second kappa shape index (κ2) is 6.83. The third kappa shape index (κ3) is 3.82. The fourth-order valence-electron chi connectivity index (χ4n) is 3.58. The van der Waals surface area contributed by atoms with Gasteiger partial charge in [-0.3, -0.25) is 0 Å². The third-order valence-corrected chi connectivity index (χ3v) is 12.7. The van der Waals surface area contributed by atoms with Crippen LogP contribution in [-0.2, 0) is 19.0 Å². The largest absolute Gasteiger partial charge is 0.413 e. The maximum Gasteiger partial charge on any atom is 0.205 e. The quantitative estimate of drug-likeness (QED) is 0.531. The zero-order valence-corrected chi connectivity index (χ0v) is 19.2. The summed E-state index contributed by atoms with van der Waals surface area (Å²) in [6, 6.07) is 8.63. The number of rotatable bonds is 4. The van der Waals surface area contributed by atoms with Gasteiger partial charge in [0.1, 0.15) is 6.10 Å². The molecule has 2 aliphatic rings. The first-order valence-electron chi connectivity index (χ1n) is 9.71. The van der Waals surface area contributed by atoms with Gasteiger partial charge in [-0.1, -0.05) is 58.9 Å². The number of benzene rings is 1. The Morgan fingerprint density at radius 3 is 2.22 bits per heavy atom. The first-order chi connectivity index (χ1) is 12.4. The predicted molar refractivity (Wildman–Crippen MR) is 111 cm³/mol. The monoisotopic (exact) mass is 408 g/mol. The average Bonchev–Trinajstić information content (AvgIpc) is 3.36. The maximum absolute atomic E-state index is 13.2. The van der Waals surface area contributed by atoms with E-state index in [0.717, 1.165) is 0 Å². The number of epoxide rings is 1. The molecule has 27 heavy (non-hydrogen) atoms. The molecule has 1 aliphatic heterocycles. The Hall–Kier alpha value is -0.953. The van der Waals surface area contributed by atoms with Crippen LogP contribution in [0.1, 0.15) is 34.6 Å². The highest BCUT2D eigenvalue weighted by atomic mass is 32.2. The fourth-order valence-corrected chi connectivity index (χ4v) is 6.72. The molecular weight excluding hydrogens is 376 g/mol. The van der Waals surface area contributed by atoms with Gasteiger partial charge in [-0.15, -0.1) is 0 Å². The predicted octanol–water partition coefficient (Wildman–Crippen LogP) is 4.79. The summed E-state index contributed by atoms with van der Waals surface area (Å²) in [4.78, 5) is 0.730. The molecule has 5 atom stereocenters. The van der Waals surface area contributed by atoms with Crippen LogP contribution in [0, 0.1) is 11.8 Å². The molecule has 0 radical (unpaired) electrons. The summed E-state index contributed by atoms with van der Waals surface area (Å²) in [5.41, 5.74) is 0.